The number of aryl methyl sites for hydroxylation is 1. The second-order valence-corrected chi connectivity index (χ2v) is 5.75. The summed E-state index contributed by atoms with van der Waals surface area (Å²) in [6.45, 7) is 2.74. The van der Waals surface area contributed by atoms with E-state index >= 15 is 0 Å². The molecule has 98 valence electrons. The number of thiophene rings is 1. The molecule has 0 unspecified atom stereocenters. The number of halogens is 1. The van der Waals surface area contributed by atoms with Gasteiger partial charge in [0.25, 0.3) is 5.91 Å². The Morgan fingerprint density at radius 2 is 2.28 bits per heavy atom. The van der Waals surface area contributed by atoms with Gasteiger partial charge in [-0.15, -0.1) is 11.3 Å². The topological polar surface area (TPSA) is 57.6 Å². The summed E-state index contributed by atoms with van der Waals surface area (Å²) in [7, 11) is 0. The first-order valence-corrected chi connectivity index (χ1v) is 7.02. The predicted octanol–water partition coefficient (Wildman–Crippen LogP) is 2.65. The molecule has 0 radical (unpaired) electrons. The lowest BCUT2D eigenvalue weighted by atomic mass is 9.98. The number of carboxylic acid groups (broad SMARTS) is 1. The zero-order valence-corrected chi connectivity index (χ0v) is 11.6. The normalized spacial score (nSPS) is 19.9. The third kappa shape index (κ3) is 2.52. The van der Waals surface area contributed by atoms with Crippen molar-refractivity contribution in [3.63, 3.8) is 0 Å². The van der Waals surface area contributed by atoms with Crippen LogP contribution in [0.15, 0.2) is 5.38 Å². The van der Waals surface area contributed by atoms with E-state index in [1.165, 1.54) is 11.3 Å². The third-order valence-electron chi connectivity index (χ3n) is 3.15. The fraction of sp³-hybridized carbons (Fsp3) is 0.500. The van der Waals surface area contributed by atoms with Crippen LogP contribution in [0, 0.1) is 12.8 Å². The molecule has 1 aromatic rings. The quantitative estimate of drug-likeness (QED) is 0.910. The Kier molecular flexibility index (Phi) is 3.92. The number of carbonyl (C=O) groups excluding carboxylic acids is 1. The van der Waals surface area contributed by atoms with E-state index in [1.54, 1.807) is 4.90 Å². The number of hydrogen-bond acceptors (Lipinski definition) is 3. The average Bonchev–Trinajstić information content (AvgIpc) is 2.69. The third-order valence-corrected chi connectivity index (χ3v) is 4.84. The van der Waals surface area contributed by atoms with Crippen LogP contribution in [0.25, 0.3) is 0 Å². The van der Waals surface area contributed by atoms with Crippen LogP contribution in [0.5, 0.6) is 0 Å². The largest absolute Gasteiger partial charge is 0.481 e. The number of nitrogens with zero attached hydrogens (tertiary/aromatic N) is 1. The molecule has 1 N–H and O–H groups in total. The summed E-state index contributed by atoms with van der Waals surface area (Å²) >= 11 is 7.39. The molecule has 0 saturated carbocycles. The van der Waals surface area contributed by atoms with Gasteiger partial charge in [0.2, 0.25) is 0 Å². The van der Waals surface area contributed by atoms with Crippen LogP contribution in [0.4, 0.5) is 0 Å². The molecule has 0 bridgehead atoms. The van der Waals surface area contributed by atoms with Crippen LogP contribution in [0.1, 0.15) is 28.1 Å². The Morgan fingerprint density at radius 3 is 2.83 bits per heavy atom. The fourth-order valence-corrected chi connectivity index (χ4v) is 3.32. The van der Waals surface area contributed by atoms with E-state index in [0.717, 1.165) is 12.0 Å². The van der Waals surface area contributed by atoms with E-state index in [0.29, 0.717) is 22.9 Å². The molecule has 1 amide bonds. The molecule has 1 fully saturated rings. The highest BCUT2D eigenvalue weighted by molar-refractivity contribution is 7.13. The molecule has 0 aromatic carbocycles. The van der Waals surface area contributed by atoms with Crippen molar-refractivity contribution in [3.8, 4) is 0 Å². The van der Waals surface area contributed by atoms with Crippen molar-refractivity contribution in [1.82, 2.24) is 4.90 Å². The molecule has 1 saturated heterocycles. The number of likely N-dealkylation sites (tertiary alicyclic amines) is 1. The molecule has 0 spiro atoms. The van der Waals surface area contributed by atoms with Gasteiger partial charge in [-0.05, 0) is 30.7 Å². The lowest BCUT2D eigenvalue weighted by Gasteiger charge is -2.30. The molecule has 1 aromatic heterocycles. The monoisotopic (exact) mass is 287 g/mol. The van der Waals surface area contributed by atoms with E-state index in [1.807, 2.05) is 12.3 Å². The number of carboxylic acids is 1. The molecule has 1 aliphatic rings. The number of piperidine rings is 1. The summed E-state index contributed by atoms with van der Waals surface area (Å²) in [5.41, 5.74) is 0.886. The maximum atomic E-state index is 12.3. The first kappa shape index (κ1) is 13.4. The summed E-state index contributed by atoms with van der Waals surface area (Å²) in [6, 6.07) is 0. The Morgan fingerprint density at radius 1 is 1.56 bits per heavy atom. The number of hydrogen-bond donors (Lipinski definition) is 1. The number of rotatable bonds is 2. The molecular weight excluding hydrogens is 274 g/mol. The van der Waals surface area contributed by atoms with Crippen molar-refractivity contribution >= 4 is 34.8 Å². The van der Waals surface area contributed by atoms with Crippen LogP contribution < -0.4 is 0 Å². The first-order chi connectivity index (χ1) is 8.50. The predicted molar refractivity (Wildman–Crippen MR) is 70.3 cm³/mol. The SMILES string of the molecule is Cc1csc(C(=O)N2CCC[C@H](C(=O)O)C2)c1Cl. The van der Waals surface area contributed by atoms with Gasteiger partial charge in [0.15, 0.2) is 0 Å². The van der Waals surface area contributed by atoms with Crippen molar-refractivity contribution in [3.05, 3.63) is 20.8 Å². The molecule has 2 rings (SSSR count). The van der Waals surface area contributed by atoms with E-state index in [4.69, 9.17) is 16.7 Å². The summed E-state index contributed by atoms with van der Waals surface area (Å²) in [6.07, 6.45) is 1.36. The maximum Gasteiger partial charge on any atom is 0.308 e. The van der Waals surface area contributed by atoms with Gasteiger partial charge in [0.1, 0.15) is 4.88 Å². The first-order valence-electron chi connectivity index (χ1n) is 5.76. The van der Waals surface area contributed by atoms with Gasteiger partial charge in [-0.2, -0.15) is 0 Å². The molecule has 4 nitrogen and oxygen atoms in total. The van der Waals surface area contributed by atoms with Crippen LogP contribution in [-0.4, -0.2) is 35.0 Å². The molecule has 1 aliphatic heterocycles. The smallest absolute Gasteiger partial charge is 0.308 e. The van der Waals surface area contributed by atoms with Gasteiger partial charge < -0.3 is 10.0 Å². The highest BCUT2D eigenvalue weighted by Crippen LogP contribution is 2.29. The molecular formula is C12H14ClNO3S. The van der Waals surface area contributed by atoms with Crippen molar-refractivity contribution in [2.45, 2.75) is 19.8 Å². The summed E-state index contributed by atoms with van der Waals surface area (Å²) in [5, 5.41) is 11.3. The van der Waals surface area contributed by atoms with Gasteiger partial charge in [-0.1, -0.05) is 11.6 Å². The second-order valence-electron chi connectivity index (χ2n) is 4.49. The molecule has 1 atom stereocenters. The Hall–Kier alpha value is -1.07. The highest BCUT2D eigenvalue weighted by atomic mass is 35.5. The van der Waals surface area contributed by atoms with Crippen molar-refractivity contribution in [1.29, 1.82) is 0 Å². The summed E-state index contributed by atoms with van der Waals surface area (Å²) < 4.78 is 0. The number of carbonyl (C=O) groups is 2. The second kappa shape index (κ2) is 5.28. The van der Waals surface area contributed by atoms with Crippen molar-refractivity contribution < 1.29 is 14.7 Å². The van der Waals surface area contributed by atoms with Gasteiger partial charge >= 0.3 is 5.97 Å². The van der Waals surface area contributed by atoms with E-state index in [9.17, 15) is 9.59 Å². The van der Waals surface area contributed by atoms with E-state index < -0.39 is 11.9 Å². The minimum atomic E-state index is -0.832. The Labute approximate surface area is 114 Å². The lowest BCUT2D eigenvalue weighted by molar-refractivity contribution is -0.143. The molecule has 6 heteroatoms. The lowest BCUT2D eigenvalue weighted by Crippen LogP contribution is -2.42. The van der Waals surface area contributed by atoms with Crippen molar-refractivity contribution in [2.75, 3.05) is 13.1 Å². The Balaban J connectivity index is 2.14. The summed E-state index contributed by atoms with van der Waals surface area (Å²) in [5.74, 6) is -1.44. The van der Waals surface area contributed by atoms with Gasteiger partial charge in [0, 0.05) is 13.1 Å². The summed E-state index contributed by atoms with van der Waals surface area (Å²) in [4.78, 5) is 25.3. The molecule has 0 aliphatic carbocycles. The minimum absolute atomic E-state index is 0.149. The van der Waals surface area contributed by atoms with Crippen LogP contribution in [-0.2, 0) is 4.79 Å². The molecule has 2 heterocycles. The van der Waals surface area contributed by atoms with Gasteiger partial charge in [-0.25, -0.2) is 0 Å². The molecule has 18 heavy (non-hydrogen) atoms. The zero-order chi connectivity index (χ0) is 13.3. The number of amides is 1. The standard InChI is InChI=1S/C12H14ClNO3S/c1-7-6-18-10(9(7)13)11(15)14-4-2-3-8(5-14)12(16)17/h6,8H,2-5H2,1H3,(H,16,17)/t8-/m0/s1. The fourth-order valence-electron chi connectivity index (χ4n) is 2.08. The van der Waals surface area contributed by atoms with Crippen molar-refractivity contribution in [2.24, 2.45) is 5.92 Å². The van der Waals surface area contributed by atoms with Crippen LogP contribution in [0.2, 0.25) is 5.02 Å². The Bertz CT molecular complexity index is 486. The average molecular weight is 288 g/mol. The van der Waals surface area contributed by atoms with Gasteiger partial charge in [-0.3, -0.25) is 9.59 Å². The highest BCUT2D eigenvalue weighted by Gasteiger charge is 2.30. The number of aliphatic carboxylic acids is 1. The zero-order valence-electron chi connectivity index (χ0n) is 9.98. The van der Waals surface area contributed by atoms with Crippen LogP contribution in [0.3, 0.4) is 0 Å². The van der Waals surface area contributed by atoms with E-state index in [-0.39, 0.29) is 12.5 Å². The maximum absolute atomic E-state index is 12.3. The minimum Gasteiger partial charge on any atom is -0.481 e. The van der Waals surface area contributed by atoms with Gasteiger partial charge in [0.05, 0.1) is 10.9 Å². The van der Waals surface area contributed by atoms with E-state index in [2.05, 4.69) is 0 Å². The van der Waals surface area contributed by atoms with Crippen LogP contribution >= 0.6 is 22.9 Å².